The van der Waals surface area contributed by atoms with E-state index >= 15 is 0 Å². The van der Waals surface area contributed by atoms with Crippen LogP contribution < -0.4 is 20.2 Å². The van der Waals surface area contributed by atoms with Crippen LogP contribution in [0.3, 0.4) is 0 Å². The second-order valence-corrected chi connectivity index (χ2v) is 5.08. The Hall–Kier alpha value is -2.73. The summed E-state index contributed by atoms with van der Waals surface area (Å²) < 4.78 is 10.8. The molecule has 2 aromatic carbocycles. The van der Waals surface area contributed by atoms with Crippen LogP contribution in [0.25, 0.3) is 0 Å². The van der Waals surface area contributed by atoms with Crippen molar-refractivity contribution >= 4 is 29.5 Å². The van der Waals surface area contributed by atoms with Crippen molar-refractivity contribution < 1.29 is 14.3 Å². The minimum atomic E-state index is -0.463. The second kappa shape index (κ2) is 8.79. The first-order chi connectivity index (χ1) is 11.6. The smallest absolute Gasteiger partial charge is 0.339 e. The molecule has 0 bridgehead atoms. The molecule has 2 amide bonds. The molecule has 7 heteroatoms. The van der Waals surface area contributed by atoms with Crippen LogP contribution in [0.15, 0.2) is 47.6 Å². The van der Waals surface area contributed by atoms with Crippen molar-refractivity contribution in [1.29, 1.82) is 0 Å². The highest BCUT2D eigenvalue weighted by Crippen LogP contribution is 2.29. The zero-order valence-electron chi connectivity index (χ0n) is 13.4. The largest absolute Gasteiger partial charge is 0.493 e. The number of halogens is 1. The lowest BCUT2D eigenvalue weighted by atomic mass is 10.2. The quantitative estimate of drug-likeness (QED) is 0.615. The minimum absolute atomic E-state index is 0.463. The fourth-order valence-electron chi connectivity index (χ4n) is 1.95. The van der Waals surface area contributed by atoms with Crippen molar-refractivity contribution in [3.05, 3.63) is 53.1 Å². The van der Waals surface area contributed by atoms with E-state index in [1.165, 1.54) is 6.21 Å². The fraction of sp³-hybridized carbons (Fsp3) is 0.176. The van der Waals surface area contributed by atoms with Gasteiger partial charge in [0.25, 0.3) is 0 Å². The van der Waals surface area contributed by atoms with Gasteiger partial charge in [-0.15, -0.1) is 0 Å². The Labute approximate surface area is 145 Å². The van der Waals surface area contributed by atoms with Gasteiger partial charge in [0.1, 0.15) is 0 Å². The van der Waals surface area contributed by atoms with Crippen LogP contribution >= 0.6 is 11.6 Å². The average molecular weight is 348 g/mol. The lowest BCUT2D eigenvalue weighted by molar-refractivity contribution is 0.252. The number of benzene rings is 2. The maximum absolute atomic E-state index is 11.8. The zero-order valence-corrected chi connectivity index (χ0v) is 14.1. The van der Waals surface area contributed by atoms with Crippen molar-refractivity contribution in [3.8, 4) is 11.5 Å². The first-order valence-electron chi connectivity index (χ1n) is 7.29. The van der Waals surface area contributed by atoms with Crippen molar-refractivity contribution in [3.63, 3.8) is 0 Å². The molecular formula is C17H18ClN3O3. The van der Waals surface area contributed by atoms with Crippen LogP contribution in [0.4, 0.5) is 10.5 Å². The molecule has 0 aliphatic heterocycles. The van der Waals surface area contributed by atoms with E-state index in [9.17, 15) is 4.79 Å². The van der Waals surface area contributed by atoms with Crippen molar-refractivity contribution in [2.45, 2.75) is 6.92 Å². The highest BCUT2D eigenvalue weighted by Gasteiger charge is 2.08. The summed E-state index contributed by atoms with van der Waals surface area (Å²) in [6.07, 6.45) is 1.49. The second-order valence-electron chi connectivity index (χ2n) is 4.64. The van der Waals surface area contributed by atoms with Gasteiger partial charge in [0.05, 0.1) is 19.9 Å². The van der Waals surface area contributed by atoms with Gasteiger partial charge in [0, 0.05) is 16.3 Å². The first kappa shape index (κ1) is 17.6. The molecule has 2 rings (SSSR count). The molecule has 24 heavy (non-hydrogen) atoms. The van der Waals surface area contributed by atoms with Gasteiger partial charge >= 0.3 is 6.03 Å². The number of nitrogens with one attached hydrogen (secondary N) is 2. The highest BCUT2D eigenvalue weighted by atomic mass is 35.5. The van der Waals surface area contributed by atoms with Gasteiger partial charge in [-0.25, -0.2) is 10.2 Å². The number of hydrazone groups is 1. The maximum Gasteiger partial charge on any atom is 0.339 e. The monoisotopic (exact) mass is 347 g/mol. The summed E-state index contributed by atoms with van der Waals surface area (Å²) in [7, 11) is 1.57. The Balaban J connectivity index is 2.00. The molecule has 0 radical (unpaired) electrons. The molecule has 0 aliphatic rings. The van der Waals surface area contributed by atoms with E-state index in [1.54, 1.807) is 37.4 Å². The third kappa shape index (κ3) is 4.89. The van der Waals surface area contributed by atoms with E-state index in [0.717, 1.165) is 0 Å². The number of ether oxygens (including phenoxy) is 2. The summed E-state index contributed by atoms with van der Waals surface area (Å²) in [5.41, 5.74) is 3.70. The third-order valence-electron chi connectivity index (χ3n) is 2.99. The van der Waals surface area contributed by atoms with Crippen LogP contribution in [0.5, 0.6) is 11.5 Å². The molecule has 0 fully saturated rings. The first-order valence-corrected chi connectivity index (χ1v) is 7.67. The van der Waals surface area contributed by atoms with Crippen LogP contribution in [0, 0.1) is 0 Å². The van der Waals surface area contributed by atoms with Gasteiger partial charge in [-0.2, -0.15) is 5.10 Å². The van der Waals surface area contributed by atoms with Gasteiger partial charge in [-0.1, -0.05) is 17.7 Å². The summed E-state index contributed by atoms with van der Waals surface area (Å²) in [6.45, 7) is 2.37. The average Bonchev–Trinajstić information content (AvgIpc) is 2.58. The number of carbonyl (C=O) groups is 1. The molecule has 0 heterocycles. The van der Waals surface area contributed by atoms with Crippen LogP contribution in [-0.4, -0.2) is 26.0 Å². The number of rotatable bonds is 6. The number of amides is 2. The Bertz CT molecular complexity index is 718. The molecule has 0 aromatic heterocycles. The predicted octanol–water partition coefficient (Wildman–Crippen LogP) is 3.90. The van der Waals surface area contributed by atoms with Gasteiger partial charge < -0.3 is 14.8 Å². The summed E-state index contributed by atoms with van der Waals surface area (Å²) in [6, 6.07) is 11.7. The van der Waals surface area contributed by atoms with Crippen molar-refractivity contribution in [2.75, 3.05) is 19.0 Å². The summed E-state index contributed by atoms with van der Waals surface area (Å²) in [5, 5.41) is 7.16. The summed E-state index contributed by atoms with van der Waals surface area (Å²) >= 11 is 5.79. The van der Waals surface area contributed by atoms with Crippen molar-refractivity contribution in [1.82, 2.24) is 5.43 Å². The number of para-hydroxylation sites is 1. The highest BCUT2D eigenvalue weighted by molar-refractivity contribution is 6.30. The molecular weight excluding hydrogens is 330 g/mol. The van der Waals surface area contributed by atoms with E-state index in [-0.39, 0.29) is 0 Å². The number of urea groups is 1. The zero-order chi connectivity index (χ0) is 17.4. The molecule has 0 saturated carbocycles. The SMILES string of the molecule is CCOc1c(/C=N\NC(=O)Nc2ccc(Cl)cc2)cccc1OC. The molecule has 6 nitrogen and oxygen atoms in total. The van der Waals surface area contributed by atoms with E-state index in [4.69, 9.17) is 21.1 Å². The Morgan fingerprint density at radius 3 is 2.67 bits per heavy atom. The standard InChI is InChI=1S/C17H18ClN3O3/c1-3-24-16-12(5-4-6-15(16)23-2)11-19-21-17(22)20-14-9-7-13(18)8-10-14/h4-11H,3H2,1-2H3,(H2,20,21,22)/b19-11-. The van der Waals surface area contributed by atoms with Gasteiger partial charge in [0.2, 0.25) is 0 Å². The van der Waals surface area contributed by atoms with E-state index in [1.807, 2.05) is 19.1 Å². The Kier molecular flexibility index (Phi) is 6.45. The molecule has 0 saturated heterocycles. The van der Waals surface area contributed by atoms with Crippen molar-refractivity contribution in [2.24, 2.45) is 5.10 Å². The topological polar surface area (TPSA) is 72.0 Å². The minimum Gasteiger partial charge on any atom is -0.493 e. The number of methoxy groups -OCH3 is 1. The fourth-order valence-corrected chi connectivity index (χ4v) is 2.07. The Morgan fingerprint density at radius 1 is 1.25 bits per heavy atom. The van der Waals surface area contributed by atoms with Crippen LogP contribution in [-0.2, 0) is 0 Å². The molecule has 0 unspecified atom stereocenters. The number of carbonyl (C=O) groups excluding carboxylic acids is 1. The number of hydrogen-bond donors (Lipinski definition) is 2. The van der Waals surface area contributed by atoms with Crippen LogP contribution in [0.2, 0.25) is 5.02 Å². The molecule has 2 N–H and O–H groups in total. The summed E-state index contributed by atoms with van der Waals surface area (Å²) in [4.78, 5) is 11.8. The third-order valence-corrected chi connectivity index (χ3v) is 3.24. The predicted molar refractivity (Wildman–Crippen MR) is 95.4 cm³/mol. The molecule has 0 spiro atoms. The lowest BCUT2D eigenvalue weighted by Gasteiger charge is -2.11. The molecule has 0 aliphatic carbocycles. The number of nitrogens with zero attached hydrogens (tertiary/aromatic N) is 1. The van der Waals surface area contributed by atoms with Crippen LogP contribution in [0.1, 0.15) is 12.5 Å². The summed E-state index contributed by atoms with van der Waals surface area (Å²) in [5.74, 6) is 1.18. The normalized spacial score (nSPS) is 10.5. The maximum atomic E-state index is 11.8. The molecule has 2 aromatic rings. The number of hydrogen-bond acceptors (Lipinski definition) is 4. The van der Waals surface area contributed by atoms with Gasteiger partial charge in [0.15, 0.2) is 11.5 Å². The van der Waals surface area contributed by atoms with Gasteiger partial charge in [-0.05, 0) is 43.3 Å². The molecule has 126 valence electrons. The Morgan fingerprint density at radius 2 is 2.00 bits per heavy atom. The van der Waals surface area contributed by atoms with E-state index < -0.39 is 6.03 Å². The molecule has 0 atom stereocenters. The van der Waals surface area contributed by atoms with Gasteiger partial charge in [-0.3, -0.25) is 0 Å². The lowest BCUT2D eigenvalue weighted by Crippen LogP contribution is -2.24. The van der Waals surface area contributed by atoms with E-state index in [2.05, 4.69) is 15.8 Å². The number of anilines is 1. The van der Waals surface area contributed by atoms with E-state index in [0.29, 0.717) is 34.4 Å².